The lowest BCUT2D eigenvalue weighted by molar-refractivity contribution is -0.139. The van der Waals surface area contributed by atoms with Crippen LogP contribution in [0.5, 0.6) is 17.2 Å². The Hall–Kier alpha value is -1.95. The number of benzene rings is 1. The number of carbonyl (C=O) groups is 1. The Balaban J connectivity index is 3.30. The second-order valence-corrected chi connectivity index (χ2v) is 4.15. The van der Waals surface area contributed by atoms with E-state index in [0.29, 0.717) is 29.4 Å². The van der Waals surface area contributed by atoms with Crippen LogP contribution < -0.4 is 19.5 Å². The summed E-state index contributed by atoms with van der Waals surface area (Å²) >= 11 is 0. The molecule has 6 nitrogen and oxygen atoms in total. The first-order valence-corrected chi connectivity index (χ1v) is 6.35. The summed E-state index contributed by atoms with van der Waals surface area (Å²) in [6.07, 6.45) is 0.833. The molecular formula is C14H21NO5. The van der Waals surface area contributed by atoms with Crippen LogP contribution in [0.2, 0.25) is 0 Å². The van der Waals surface area contributed by atoms with E-state index >= 15 is 0 Å². The normalized spacial score (nSPS) is 11.8. The third-order valence-electron chi connectivity index (χ3n) is 2.89. The minimum Gasteiger partial charge on any atom is -0.493 e. The molecule has 1 atom stereocenters. The molecule has 0 radical (unpaired) electrons. The zero-order valence-corrected chi connectivity index (χ0v) is 12.2. The maximum atomic E-state index is 11.4. The van der Waals surface area contributed by atoms with Crippen LogP contribution in [0.3, 0.4) is 0 Å². The van der Waals surface area contributed by atoms with Crippen molar-refractivity contribution in [2.45, 2.75) is 19.4 Å². The highest BCUT2D eigenvalue weighted by Gasteiger charge is 2.26. The number of hydrogen-bond donors (Lipinski definition) is 2. The van der Waals surface area contributed by atoms with E-state index in [4.69, 9.17) is 14.2 Å². The van der Waals surface area contributed by atoms with E-state index < -0.39 is 12.0 Å². The molecule has 6 heteroatoms. The molecule has 2 N–H and O–H groups in total. The summed E-state index contributed by atoms with van der Waals surface area (Å²) in [5.74, 6) is 0.275. The maximum absolute atomic E-state index is 11.4. The number of carboxylic acid groups (broad SMARTS) is 1. The van der Waals surface area contributed by atoms with Gasteiger partial charge in [0.15, 0.2) is 11.5 Å². The van der Waals surface area contributed by atoms with Gasteiger partial charge in [-0.1, -0.05) is 6.92 Å². The van der Waals surface area contributed by atoms with Gasteiger partial charge in [-0.15, -0.1) is 0 Å². The van der Waals surface area contributed by atoms with E-state index in [-0.39, 0.29) is 0 Å². The molecule has 0 aliphatic heterocycles. The third-order valence-corrected chi connectivity index (χ3v) is 2.89. The average Bonchev–Trinajstić information content (AvgIpc) is 2.46. The van der Waals surface area contributed by atoms with Gasteiger partial charge < -0.3 is 24.6 Å². The molecule has 112 valence electrons. The average molecular weight is 283 g/mol. The molecule has 0 heterocycles. The Morgan fingerprint density at radius 2 is 1.85 bits per heavy atom. The quantitative estimate of drug-likeness (QED) is 0.758. The molecule has 20 heavy (non-hydrogen) atoms. The highest BCUT2D eigenvalue weighted by atomic mass is 16.5. The Morgan fingerprint density at radius 1 is 1.20 bits per heavy atom. The second kappa shape index (κ2) is 7.59. The summed E-state index contributed by atoms with van der Waals surface area (Å²) in [7, 11) is 4.47. The second-order valence-electron chi connectivity index (χ2n) is 4.15. The fourth-order valence-corrected chi connectivity index (χ4v) is 1.97. The number of rotatable bonds is 8. The Kier molecular flexibility index (Phi) is 6.11. The minimum atomic E-state index is -0.969. The summed E-state index contributed by atoms with van der Waals surface area (Å²) in [4.78, 5) is 11.4. The monoisotopic (exact) mass is 283 g/mol. The van der Waals surface area contributed by atoms with Crippen LogP contribution in [0.15, 0.2) is 12.1 Å². The predicted octanol–water partition coefficient (Wildman–Crippen LogP) is 1.84. The summed E-state index contributed by atoms with van der Waals surface area (Å²) in [5.41, 5.74) is 0.506. The molecule has 1 aromatic rings. The fraction of sp³-hybridized carbons (Fsp3) is 0.500. The van der Waals surface area contributed by atoms with Gasteiger partial charge in [0.2, 0.25) is 5.75 Å². The van der Waals surface area contributed by atoms with Crippen molar-refractivity contribution in [2.75, 3.05) is 27.9 Å². The maximum Gasteiger partial charge on any atom is 0.325 e. The number of methoxy groups -OCH3 is 3. The van der Waals surface area contributed by atoms with Crippen molar-refractivity contribution in [1.82, 2.24) is 5.32 Å². The van der Waals surface area contributed by atoms with Crippen LogP contribution in [0.4, 0.5) is 0 Å². The van der Waals surface area contributed by atoms with E-state index in [0.717, 1.165) is 6.42 Å². The Morgan fingerprint density at radius 3 is 2.30 bits per heavy atom. The van der Waals surface area contributed by atoms with Crippen LogP contribution in [-0.4, -0.2) is 38.9 Å². The van der Waals surface area contributed by atoms with Crippen molar-refractivity contribution in [3.05, 3.63) is 17.7 Å². The van der Waals surface area contributed by atoms with E-state index in [1.54, 1.807) is 12.1 Å². The number of hydrogen-bond acceptors (Lipinski definition) is 5. The molecule has 0 amide bonds. The van der Waals surface area contributed by atoms with Crippen LogP contribution in [0.1, 0.15) is 24.9 Å². The molecule has 0 fully saturated rings. The van der Waals surface area contributed by atoms with Crippen LogP contribution >= 0.6 is 0 Å². The smallest absolute Gasteiger partial charge is 0.325 e. The van der Waals surface area contributed by atoms with Crippen molar-refractivity contribution >= 4 is 5.97 Å². The lowest BCUT2D eigenvalue weighted by Gasteiger charge is -2.20. The van der Waals surface area contributed by atoms with Crippen molar-refractivity contribution in [3.8, 4) is 17.2 Å². The highest BCUT2D eigenvalue weighted by Crippen LogP contribution is 2.42. The van der Waals surface area contributed by atoms with Gasteiger partial charge in [0, 0.05) is 5.56 Å². The number of ether oxygens (including phenoxy) is 3. The van der Waals surface area contributed by atoms with Gasteiger partial charge in [0.1, 0.15) is 6.04 Å². The minimum absolute atomic E-state index is 0.364. The molecular weight excluding hydrogens is 262 g/mol. The molecule has 1 aromatic carbocycles. The number of carboxylic acids is 1. The topological polar surface area (TPSA) is 77.0 Å². The summed E-state index contributed by atoms with van der Waals surface area (Å²) in [6, 6.07) is 2.48. The van der Waals surface area contributed by atoms with Crippen molar-refractivity contribution in [1.29, 1.82) is 0 Å². The van der Waals surface area contributed by atoms with Crippen LogP contribution in [-0.2, 0) is 4.79 Å². The van der Waals surface area contributed by atoms with Crippen LogP contribution in [0.25, 0.3) is 0 Å². The van der Waals surface area contributed by atoms with Gasteiger partial charge in [-0.3, -0.25) is 4.79 Å². The zero-order chi connectivity index (χ0) is 15.1. The predicted molar refractivity (Wildman–Crippen MR) is 74.8 cm³/mol. The van der Waals surface area contributed by atoms with Gasteiger partial charge in [0.05, 0.1) is 21.3 Å². The van der Waals surface area contributed by atoms with Gasteiger partial charge in [0.25, 0.3) is 0 Å². The third kappa shape index (κ3) is 3.33. The molecule has 0 bridgehead atoms. The summed E-state index contributed by atoms with van der Waals surface area (Å²) < 4.78 is 15.8. The highest BCUT2D eigenvalue weighted by molar-refractivity contribution is 5.78. The van der Waals surface area contributed by atoms with Gasteiger partial charge >= 0.3 is 5.97 Å². The SMILES string of the molecule is CCCNC(C(=O)O)c1ccc(OC)c(OC)c1OC. The first-order valence-electron chi connectivity index (χ1n) is 6.35. The van der Waals surface area contributed by atoms with E-state index in [2.05, 4.69) is 5.32 Å². The summed E-state index contributed by atoms with van der Waals surface area (Å²) in [5, 5.41) is 12.3. The van der Waals surface area contributed by atoms with E-state index in [1.165, 1.54) is 21.3 Å². The Labute approximate surface area is 118 Å². The molecule has 1 unspecified atom stereocenters. The zero-order valence-electron chi connectivity index (χ0n) is 12.2. The first kappa shape index (κ1) is 16.1. The standard InChI is InChI=1S/C14H21NO5/c1-5-8-15-11(14(16)17)9-6-7-10(18-2)13(20-4)12(9)19-3/h6-7,11,15H,5,8H2,1-4H3,(H,16,17). The van der Waals surface area contributed by atoms with Gasteiger partial charge in [-0.25, -0.2) is 0 Å². The van der Waals surface area contributed by atoms with E-state index in [1.807, 2.05) is 6.92 Å². The van der Waals surface area contributed by atoms with Crippen LogP contribution in [0, 0.1) is 0 Å². The molecule has 0 saturated heterocycles. The largest absolute Gasteiger partial charge is 0.493 e. The Bertz CT molecular complexity index is 461. The molecule has 0 aromatic heterocycles. The van der Waals surface area contributed by atoms with Crippen molar-refractivity contribution in [3.63, 3.8) is 0 Å². The van der Waals surface area contributed by atoms with Gasteiger partial charge in [-0.05, 0) is 25.1 Å². The molecule has 0 saturated carbocycles. The van der Waals surface area contributed by atoms with Gasteiger partial charge in [-0.2, -0.15) is 0 Å². The first-order chi connectivity index (χ1) is 9.60. The number of aliphatic carboxylic acids is 1. The molecule has 1 rings (SSSR count). The number of nitrogens with one attached hydrogen (secondary N) is 1. The summed E-state index contributed by atoms with van der Waals surface area (Å²) in [6.45, 7) is 2.56. The van der Waals surface area contributed by atoms with Crippen molar-refractivity contribution in [2.24, 2.45) is 0 Å². The van der Waals surface area contributed by atoms with E-state index in [9.17, 15) is 9.90 Å². The lowest BCUT2D eigenvalue weighted by Crippen LogP contribution is -2.29. The molecule has 0 aliphatic rings. The molecule has 0 aliphatic carbocycles. The van der Waals surface area contributed by atoms with Crippen molar-refractivity contribution < 1.29 is 24.1 Å². The molecule has 0 spiro atoms. The fourth-order valence-electron chi connectivity index (χ4n) is 1.97. The lowest BCUT2D eigenvalue weighted by atomic mass is 10.0.